The molecule has 0 spiro atoms. The van der Waals surface area contributed by atoms with Gasteiger partial charge in [0.15, 0.2) is 11.5 Å². The van der Waals surface area contributed by atoms with Gasteiger partial charge in [-0.25, -0.2) is 0 Å². The highest BCUT2D eigenvalue weighted by Crippen LogP contribution is 2.54. The smallest absolute Gasteiger partial charge is 0.272 e. The topological polar surface area (TPSA) is 100 Å². The summed E-state index contributed by atoms with van der Waals surface area (Å²) in [4.78, 5) is 24.6. The van der Waals surface area contributed by atoms with Gasteiger partial charge in [-0.1, -0.05) is 0 Å². The minimum absolute atomic E-state index is 0.0912. The molecule has 0 aliphatic heterocycles. The monoisotopic (exact) mass is 354 g/mol. The molecule has 136 valence electrons. The third-order valence-corrected chi connectivity index (χ3v) is 6.03. The molecule has 7 nitrogen and oxygen atoms in total. The Morgan fingerprint density at radius 2 is 1.85 bits per heavy atom. The van der Waals surface area contributed by atoms with Crippen molar-refractivity contribution in [3.8, 4) is 11.5 Å². The van der Waals surface area contributed by atoms with E-state index < -0.39 is 0 Å². The molecule has 5 rings (SSSR count). The van der Waals surface area contributed by atoms with Crippen molar-refractivity contribution < 1.29 is 14.0 Å². The number of aromatic nitrogens is 2. The summed E-state index contributed by atoms with van der Waals surface area (Å²) >= 11 is 0. The van der Waals surface area contributed by atoms with Crippen molar-refractivity contribution in [3.63, 3.8) is 0 Å². The van der Waals surface area contributed by atoms with Gasteiger partial charge in [-0.05, 0) is 56.1 Å². The third kappa shape index (κ3) is 2.91. The summed E-state index contributed by atoms with van der Waals surface area (Å²) in [5.41, 5.74) is 1.02. The Hall–Kier alpha value is -2.57. The Balaban J connectivity index is 1.08. The molecule has 2 aromatic rings. The summed E-state index contributed by atoms with van der Waals surface area (Å²) in [6, 6.07) is 5.55. The number of H-pyrrole nitrogens is 1. The number of aromatic amines is 1. The van der Waals surface area contributed by atoms with Crippen LogP contribution in [0.4, 0.5) is 0 Å². The Bertz CT molecular complexity index is 812. The van der Waals surface area contributed by atoms with E-state index in [0.29, 0.717) is 17.1 Å². The zero-order chi connectivity index (χ0) is 17.7. The molecule has 2 amide bonds. The van der Waals surface area contributed by atoms with Gasteiger partial charge in [-0.2, -0.15) is 5.10 Å². The first kappa shape index (κ1) is 15.7. The van der Waals surface area contributed by atoms with Crippen molar-refractivity contribution in [2.45, 2.75) is 44.2 Å². The van der Waals surface area contributed by atoms with Crippen LogP contribution in [0.1, 0.15) is 42.6 Å². The molecular weight excluding hydrogens is 332 g/mol. The lowest BCUT2D eigenvalue weighted by Crippen LogP contribution is -2.54. The molecule has 3 aliphatic rings. The Morgan fingerprint density at radius 1 is 1.08 bits per heavy atom. The second-order valence-corrected chi connectivity index (χ2v) is 7.92. The minimum atomic E-state index is -0.204. The van der Waals surface area contributed by atoms with Gasteiger partial charge in [-0.3, -0.25) is 14.7 Å². The highest BCUT2D eigenvalue weighted by Gasteiger charge is 2.48. The number of hydrogen-bond donors (Lipinski definition) is 3. The average Bonchev–Trinajstić information content (AvgIpc) is 3.11. The molecule has 2 atom stereocenters. The fourth-order valence-corrected chi connectivity index (χ4v) is 4.36. The molecule has 26 heavy (non-hydrogen) atoms. The number of nitrogens with zero attached hydrogens (tertiary/aromatic N) is 1. The molecule has 3 saturated carbocycles. The van der Waals surface area contributed by atoms with Crippen molar-refractivity contribution in [3.05, 3.63) is 30.2 Å². The number of furan rings is 1. The first-order chi connectivity index (χ1) is 12.7. The quantitative estimate of drug-likeness (QED) is 0.765. The zero-order valence-corrected chi connectivity index (χ0v) is 14.4. The molecule has 0 aromatic carbocycles. The molecule has 3 aliphatic carbocycles. The van der Waals surface area contributed by atoms with E-state index in [9.17, 15) is 9.59 Å². The summed E-state index contributed by atoms with van der Waals surface area (Å²) in [6.45, 7) is 0. The van der Waals surface area contributed by atoms with Crippen LogP contribution in [0.3, 0.4) is 0 Å². The molecule has 2 unspecified atom stereocenters. The maximum absolute atomic E-state index is 12.3. The van der Waals surface area contributed by atoms with Gasteiger partial charge in [0.05, 0.1) is 6.26 Å². The Labute approximate surface area is 150 Å². The Morgan fingerprint density at radius 3 is 2.58 bits per heavy atom. The van der Waals surface area contributed by atoms with Crippen LogP contribution in [-0.4, -0.2) is 34.1 Å². The van der Waals surface area contributed by atoms with E-state index in [1.54, 1.807) is 18.4 Å². The van der Waals surface area contributed by atoms with Crippen LogP contribution in [0.25, 0.3) is 11.5 Å². The van der Waals surface area contributed by atoms with Gasteiger partial charge in [0.25, 0.3) is 5.91 Å². The number of hydrogen-bond acceptors (Lipinski definition) is 4. The molecule has 3 N–H and O–H groups in total. The van der Waals surface area contributed by atoms with Gasteiger partial charge in [0.2, 0.25) is 5.91 Å². The van der Waals surface area contributed by atoms with Crippen LogP contribution in [-0.2, 0) is 4.79 Å². The lowest BCUT2D eigenvalue weighted by atomic mass is 9.86. The Kier molecular flexibility index (Phi) is 3.62. The normalized spacial score (nSPS) is 31.8. The van der Waals surface area contributed by atoms with Crippen molar-refractivity contribution >= 4 is 11.8 Å². The number of rotatable bonds is 5. The zero-order valence-electron chi connectivity index (χ0n) is 14.4. The lowest BCUT2D eigenvalue weighted by Gasteiger charge is -2.36. The summed E-state index contributed by atoms with van der Waals surface area (Å²) in [5, 5.41) is 13.0. The van der Waals surface area contributed by atoms with Crippen molar-refractivity contribution in [1.29, 1.82) is 0 Å². The summed E-state index contributed by atoms with van der Waals surface area (Å²) < 4.78 is 5.29. The standard InChI is InChI=1S/C19H22N4O3/c24-18(12-5-10-4-11(10)6-12)20-13-7-14(8-13)21-19(25)16-9-15(22-23-16)17-2-1-3-26-17/h1-3,9-14H,4-8H2,(H,20,24)(H,21,25)(H,22,23). The predicted molar refractivity (Wildman–Crippen MR) is 93.0 cm³/mol. The van der Waals surface area contributed by atoms with E-state index in [0.717, 1.165) is 37.5 Å². The van der Waals surface area contributed by atoms with Crippen LogP contribution in [0.15, 0.2) is 28.9 Å². The third-order valence-electron chi connectivity index (χ3n) is 6.03. The van der Waals surface area contributed by atoms with Crippen LogP contribution >= 0.6 is 0 Å². The van der Waals surface area contributed by atoms with Crippen LogP contribution in [0.2, 0.25) is 0 Å². The number of carbonyl (C=O) groups is 2. The summed E-state index contributed by atoms with van der Waals surface area (Å²) in [6.07, 6.45) is 6.61. The predicted octanol–water partition coefficient (Wildman–Crippen LogP) is 2.09. The van der Waals surface area contributed by atoms with Gasteiger partial charge < -0.3 is 15.1 Å². The first-order valence-corrected chi connectivity index (χ1v) is 9.36. The van der Waals surface area contributed by atoms with E-state index in [4.69, 9.17) is 4.42 Å². The minimum Gasteiger partial charge on any atom is -0.463 e. The van der Waals surface area contributed by atoms with Gasteiger partial charge in [0.1, 0.15) is 5.69 Å². The van der Waals surface area contributed by atoms with E-state index in [2.05, 4.69) is 20.8 Å². The van der Waals surface area contributed by atoms with E-state index in [1.165, 1.54) is 6.42 Å². The highest BCUT2D eigenvalue weighted by molar-refractivity contribution is 5.93. The van der Waals surface area contributed by atoms with Crippen LogP contribution < -0.4 is 10.6 Å². The summed E-state index contributed by atoms with van der Waals surface area (Å²) in [5.74, 6) is 2.51. The largest absolute Gasteiger partial charge is 0.463 e. The average molecular weight is 354 g/mol. The van der Waals surface area contributed by atoms with E-state index in [1.807, 2.05) is 6.07 Å². The number of amides is 2. The number of carbonyl (C=O) groups excluding carboxylic acids is 2. The molecule has 3 fully saturated rings. The molecule has 0 radical (unpaired) electrons. The maximum atomic E-state index is 12.3. The number of fused-ring (bicyclic) bond motifs is 1. The molecule has 2 aromatic heterocycles. The SMILES string of the molecule is O=C(NC1CC(NC(=O)C2CC3CC3C2)C1)c1cc(-c2ccco2)[nH]n1. The fraction of sp³-hybridized carbons (Fsp3) is 0.526. The fourth-order valence-electron chi connectivity index (χ4n) is 4.36. The van der Waals surface area contributed by atoms with Crippen LogP contribution in [0.5, 0.6) is 0 Å². The number of nitrogens with one attached hydrogen (secondary N) is 3. The van der Waals surface area contributed by atoms with E-state index >= 15 is 0 Å². The second kappa shape index (κ2) is 6.00. The summed E-state index contributed by atoms with van der Waals surface area (Å²) in [7, 11) is 0. The van der Waals surface area contributed by atoms with Crippen molar-refractivity contribution in [2.24, 2.45) is 17.8 Å². The molecule has 7 heteroatoms. The highest BCUT2D eigenvalue weighted by atomic mass is 16.3. The van der Waals surface area contributed by atoms with E-state index in [-0.39, 0.29) is 29.8 Å². The van der Waals surface area contributed by atoms with Crippen LogP contribution in [0, 0.1) is 17.8 Å². The molecular formula is C19H22N4O3. The molecule has 0 saturated heterocycles. The molecule has 2 heterocycles. The van der Waals surface area contributed by atoms with Crippen molar-refractivity contribution in [2.75, 3.05) is 0 Å². The lowest BCUT2D eigenvalue weighted by molar-refractivity contribution is -0.126. The van der Waals surface area contributed by atoms with Gasteiger partial charge >= 0.3 is 0 Å². The van der Waals surface area contributed by atoms with Crippen molar-refractivity contribution in [1.82, 2.24) is 20.8 Å². The first-order valence-electron chi connectivity index (χ1n) is 9.36. The molecule has 0 bridgehead atoms. The maximum Gasteiger partial charge on any atom is 0.272 e. The van der Waals surface area contributed by atoms with Gasteiger partial charge in [0, 0.05) is 24.1 Å². The van der Waals surface area contributed by atoms with Gasteiger partial charge in [-0.15, -0.1) is 0 Å². The second-order valence-electron chi connectivity index (χ2n) is 7.92.